The summed E-state index contributed by atoms with van der Waals surface area (Å²) in [6.45, 7) is 4.80. The first-order valence-corrected chi connectivity index (χ1v) is 6.52. The highest BCUT2D eigenvalue weighted by molar-refractivity contribution is 5.53. The Morgan fingerprint density at radius 3 is 2.89 bits per heavy atom. The molecule has 3 heterocycles. The van der Waals surface area contributed by atoms with Gasteiger partial charge < -0.3 is 4.98 Å². The molecule has 0 bridgehead atoms. The Morgan fingerprint density at radius 1 is 1.37 bits per heavy atom. The van der Waals surface area contributed by atoms with Crippen molar-refractivity contribution in [3.05, 3.63) is 46.1 Å². The molecule has 98 valence electrons. The van der Waals surface area contributed by atoms with Crippen molar-refractivity contribution in [1.29, 1.82) is 0 Å². The van der Waals surface area contributed by atoms with Gasteiger partial charge in [0, 0.05) is 36.6 Å². The fourth-order valence-corrected chi connectivity index (χ4v) is 2.41. The van der Waals surface area contributed by atoms with E-state index in [2.05, 4.69) is 26.8 Å². The van der Waals surface area contributed by atoms with Crippen LogP contribution in [-0.4, -0.2) is 32.9 Å². The van der Waals surface area contributed by atoms with Crippen LogP contribution in [0.2, 0.25) is 0 Å². The van der Waals surface area contributed by atoms with Gasteiger partial charge in [0.1, 0.15) is 5.82 Å². The van der Waals surface area contributed by atoms with Crippen LogP contribution in [0.5, 0.6) is 0 Å². The van der Waals surface area contributed by atoms with Gasteiger partial charge in [-0.2, -0.15) is 0 Å². The first kappa shape index (κ1) is 12.0. The van der Waals surface area contributed by atoms with Crippen LogP contribution in [-0.2, 0) is 13.0 Å². The number of hydrogen-bond acceptors (Lipinski definition) is 4. The van der Waals surface area contributed by atoms with Crippen LogP contribution >= 0.6 is 0 Å². The highest BCUT2D eigenvalue weighted by atomic mass is 16.1. The molecule has 19 heavy (non-hydrogen) atoms. The lowest BCUT2D eigenvalue weighted by Crippen LogP contribution is -2.35. The third-order valence-electron chi connectivity index (χ3n) is 3.55. The molecule has 1 aliphatic heterocycles. The van der Waals surface area contributed by atoms with Gasteiger partial charge >= 0.3 is 0 Å². The van der Waals surface area contributed by atoms with E-state index >= 15 is 0 Å². The fourth-order valence-electron chi connectivity index (χ4n) is 2.41. The molecular weight excluding hydrogens is 240 g/mol. The number of H-pyrrole nitrogens is 1. The molecule has 0 radical (unpaired) electrons. The molecule has 5 heteroatoms. The average molecular weight is 256 g/mol. The molecule has 3 rings (SSSR count). The number of nitrogens with zero attached hydrogens (tertiary/aromatic N) is 3. The zero-order valence-corrected chi connectivity index (χ0v) is 10.9. The Kier molecular flexibility index (Phi) is 3.13. The quantitative estimate of drug-likeness (QED) is 0.877. The maximum absolute atomic E-state index is 12.1. The number of hydrogen-bond donors (Lipinski definition) is 1. The van der Waals surface area contributed by atoms with Crippen LogP contribution in [0.15, 0.2) is 29.3 Å². The smallest absolute Gasteiger partial charge is 0.254 e. The van der Waals surface area contributed by atoms with Crippen molar-refractivity contribution in [2.24, 2.45) is 0 Å². The molecular formula is C14H16N4O. The molecule has 0 spiro atoms. The second kappa shape index (κ2) is 4.93. The molecule has 0 atom stereocenters. The van der Waals surface area contributed by atoms with Crippen molar-refractivity contribution < 1.29 is 0 Å². The van der Waals surface area contributed by atoms with E-state index in [9.17, 15) is 4.79 Å². The molecule has 0 saturated carbocycles. The number of aromatic nitrogens is 3. The molecule has 2 aromatic rings. The summed E-state index contributed by atoms with van der Waals surface area (Å²) in [5.41, 5.74) is 2.63. The summed E-state index contributed by atoms with van der Waals surface area (Å²) >= 11 is 0. The van der Waals surface area contributed by atoms with Gasteiger partial charge in [-0.05, 0) is 25.1 Å². The molecule has 1 N–H and O–H groups in total. The summed E-state index contributed by atoms with van der Waals surface area (Å²) in [6, 6.07) is 3.70. The molecule has 0 fully saturated rings. The van der Waals surface area contributed by atoms with E-state index in [1.165, 1.54) is 0 Å². The zero-order valence-electron chi connectivity index (χ0n) is 10.9. The minimum Gasteiger partial charge on any atom is -0.306 e. The predicted molar refractivity (Wildman–Crippen MR) is 72.7 cm³/mol. The van der Waals surface area contributed by atoms with Gasteiger partial charge in [-0.3, -0.25) is 14.7 Å². The van der Waals surface area contributed by atoms with Gasteiger partial charge in [-0.25, -0.2) is 4.98 Å². The molecule has 2 aromatic heterocycles. The average Bonchev–Trinajstić information content (AvgIpc) is 2.47. The van der Waals surface area contributed by atoms with Crippen LogP contribution < -0.4 is 5.56 Å². The maximum Gasteiger partial charge on any atom is 0.254 e. The molecule has 0 unspecified atom stereocenters. The van der Waals surface area contributed by atoms with Crippen LogP contribution in [0, 0.1) is 0 Å². The largest absolute Gasteiger partial charge is 0.306 e. The highest BCUT2D eigenvalue weighted by Crippen LogP contribution is 2.17. The Bertz CT molecular complexity index is 636. The monoisotopic (exact) mass is 256 g/mol. The number of pyridine rings is 1. The lowest BCUT2D eigenvalue weighted by Gasteiger charge is -2.26. The molecule has 0 saturated heterocycles. The van der Waals surface area contributed by atoms with Gasteiger partial charge in [-0.1, -0.05) is 6.92 Å². The Hall–Kier alpha value is -2.01. The molecule has 0 amide bonds. The highest BCUT2D eigenvalue weighted by Gasteiger charge is 2.20. The number of rotatable bonds is 2. The van der Waals surface area contributed by atoms with Crippen molar-refractivity contribution in [2.75, 3.05) is 13.1 Å². The second-order valence-corrected chi connectivity index (χ2v) is 4.69. The Balaban J connectivity index is 2.06. The van der Waals surface area contributed by atoms with Gasteiger partial charge in [0.25, 0.3) is 5.56 Å². The Labute approximate surface area is 111 Å². The van der Waals surface area contributed by atoms with Gasteiger partial charge in [0.15, 0.2) is 0 Å². The van der Waals surface area contributed by atoms with Crippen molar-refractivity contribution in [2.45, 2.75) is 19.9 Å². The van der Waals surface area contributed by atoms with E-state index in [4.69, 9.17) is 0 Å². The van der Waals surface area contributed by atoms with Crippen molar-refractivity contribution in [3.63, 3.8) is 0 Å². The third kappa shape index (κ3) is 2.29. The van der Waals surface area contributed by atoms with E-state index in [0.29, 0.717) is 5.82 Å². The third-order valence-corrected chi connectivity index (χ3v) is 3.55. The number of aromatic amines is 1. The van der Waals surface area contributed by atoms with Crippen LogP contribution in [0.3, 0.4) is 0 Å². The first-order chi connectivity index (χ1) is 9.28. The van der Waals surface area contributed by atoms with E-state index in [1.807, 2.05) is 12.1 Å². The summed E-state index contributed by atoms with van der Waals surface area (Å²) in [6.07, 6.45) is 4.18. The van der Waals surface area contributed by atoms with E-state index < -0.39 is 0 Å². The zero-order chi connectivity index (χ0) is 13.2. The number of likely N-dealkylation sites (N-methyl/N-ethyl adjacent to an activating group) is 1. The summed E-state index contributed by atoms with van der Waals surface area (Å²) in [4.78, 5) is 25.9. The van der Waals surface area contributed by atoms with Crippen LogP contribution in [0.1, 0.15) is 18.2 Å². The van der Waals surface area contributed by atoms with Crippen LogP contribution in [0.4, 0.5) is 0 Å². The van der Waals surface area contributed by atoms with Crippen LogP contribution in [0.25, 0.3) is 11.4 Å². The van der Waals surface area contributed by atoms with Gasteiger partial charge in [0.2, 0.25) is 0 Å². The molecule has 5 nitrogen and oxygen atoms in total. The first-order valence-electron chi connectivity index (χ1n) is 6.52. The summed E-state index contributed by atoms with van der Waals surface area (Å²) in [7, 11) is 0. The number of fused-ring (bicyclic) bond motifs is 1. The summed E-state index contributed by atoms with van der Waals surface area (Å²) in [5.74, 6) is 0.629. The normalized spacial score (nSPS) is 15.2. The van der Waals surface area contributed by atoms with Crippen molar-refractivity contribution >= 4 is 0 Å². The molecule has 0 aromatic carbocycles. The van der Waals surface area contributed by atoms with Crippen molar-refractivity contribution in [1.82, 2.24) is 19.9 Å². The standard InChI is InChI=1S/C14H16N4O/c1-2-18-8-5-11-12(9-18)16-13(17-14(11)19)10-3-6-15-7-4-10/h3-4,6-7H,2,5,8-9H2,1H3,(H,16,17,19). The SMILES string of the molecule is CCN1CCc2c(nc(-c3ccncc3)[nH]c2=O)C1. The van der Waals surface area contributed by atoms with Crippen molar-refractivity contribution in [3.8, 4) is 11.4 Å². The lowest BCUT2D eigenvalue weighted by atomic mass is 10.1. The van der Waals surface area contributed by atoms with Gasteiger partial charge in [0.05, 0.1) is 5.69 Å². The summed E-state index contributed by atoms with van der Waals surface area (Å²) < 4.78 is 0. The minimum absolute atomic E-state index is 0.00688. The lowest BCUT2D eigenvalue weighted by molar-refractivity contribution is 0.262. The molecule has 1 aliphatic rings. The second-order valence-electron chi connectivity index (χ2n) is 4.69. The summed E-state index contributed by atoms with van der Waals surface area (Å²) in [5, 5.41) is 0. The van der Waals surface area contributed by atoms with E-state index in [0.717, 1.165) is 42.9 Å². The number of nitrogens with one attached hydrogen (secondary N) is 1. The fraction of sp³-hybridized carbons (Fsp3) is 0.357. The van der Waals surface area contributed by atoms with E-state index in [1.54, 1.807) is 12.4 Å². The topological polar surface area (TPSA) is 61.9 Å². The maximum atomic E-state index is 12.1. The predicted octanol–water partition coefficient (Wildman–Crippen LogP) is 1.21. The Morgan fingerprint density at radius 2 is 2.16 bits per heavy atom. The molecule has 0 aliphatic carbocycles. The minimum atomic E-state index is -0.00688. The van der Waals surface area contributed by atoms with Gasteiger partial charge in [-0.15, -0.1) is 0 Å². The van der Waals surface area contributed by atoms with E-state index in [-0.39, 0.29) is 5.56 Å².